The van der Waals surface area contributed by atoms with E-state index >= 15 is 0 Å². The summed E-state index contributed by atoms with van der Waals surface area (Å²) in [5.41, 5.74) is 2.83. The van der Waals surface area contributed by atoms with Gasteiger partial charge < -0.3 is 4.74 Å². The van der Waals surface area contributed by atoms with Crippen molar-refractivity contribution in [1.82, 2.24) is 9.78 Å². The summed E-state index contributed by atoms with van der Waals surface area (Å²) in [7, 11) is -3.41. The lowest BCUT2D eigenvalue weighted by molar-refractivity contribution is 0.0505. The van der Waals surface area contributed by atoms with Crippen molar-refractivity contribution in [3.63, 3.8) is 0 Å². The van der Waals surface area contributed by atoms with Crippen molar-refractivity contribution >= 4 is 27.4 Å². The van der Waals surface area contributed by atoms with E-state index in [1.807, 2.05) is 31.2 Å². The van der Waals surface area contributed by atoms with E-state index in [2.05, 4.69) is 5.10 Å². The Labute approximate surface area is 181 Å². The number of aryl methyl sites for hydroxylation is 2. The van der Waals surface area contributed by atoms with E-state index in [9.17, 15) is 13.2 Å². The van der Waals surface area contributed by atoms with Crippen LogP contribution in [-0.4, -0.2) is 36.5 Å². The third-order valence-corrected chi connectivity index (χ3v) is 6.82. The number of hydrogen-bond donors (Lipinski definition) is 0. The Morgan fingerprint density at radius 3 is 2.40 bits per heavy atom. The fourth-order valence-corrected chi connectivity index (χ4v) is 4.60. The first-order chi connectivity index (χ1) is 14.3. The quantitative estimate of drug-likeness (QED) is 0.382. The van der Waals surface area contributed by atoms with Crippen molar-refractivity contribution in [2.45, 2.75) is 31.7 Å². The van der Waals surface area contributed by atoms with E-state index < -0.39 is 15.8 Å². The highest BCUT2D eigenvalue weighted by Crippen LogP contribution is 2.22. The number of carbonyl (C=O) groups is 1. The van der Waals surface area contributed by atoms with Crippen LogP contribution in [0.15, 0.2) is 59.5 Å². The lowest BCUT2D eigenvalue weighted by Gasteiger charge is -2.07. The van der Waals surface area contributed by atoms with Crippen molar-refractivity contribution in [3.05, 3.63) is 82.1 Å². The summed E-state index contributed by atoms with van der Waals surface area (Å²) < 4.78 is 31.4. The zero-order valence-electron chi connectivity index (χ0n) is 16.8. The van der Waals surface area contributed by atoms with E-state index in [-0.39, 0.29) is 34.4 Å². The third kappa shape index (κ3) is 5.29. The monoisotopic (exact) mass is 446 g/mol. The number of rotatable bonds is 8. The van der Waals surface area contributed by atoms with Crippen LogP contribution >= 0.6 is 11.6 Å². The number of sulfone groups is 1. The summed E-state index contributed by atoms with van der Waals surface area (Å²) >= 11 is 6.37. The van der Waals surface area contributed by atoms with E-state index in [1.54, 1.807) is 41.9 Å². The fourth-order valence-electron chi connectivity index (χ4n) is 2.99. The smallest absolute Gasteiger partial charge is 0.343 e. The Morgan fingerprint density at radius 1 is 1.07 bits per heavy atom. The molecule has 6 nitrogen and oxygen atoms in total. The molecule has 1 heterocycles. The van der Waals surface area contributed by atoms with Gasteiger partial charge in [0.25, 0.3) is 0 Å². The number of hydrogen-bond acceptors (Lipinski definition) is 5. The molecule has 0 saturated heterocycles. The molecule has 3 rings (SSSR count). The Balaban J connectivity index is 1.59. The van der Waals surface area contributed by atoms with Gasteiger partial charge in [-0.3, -0.25) is 0 Å². The maximum Gasteiger partial charge on any atom is 0.343 e. The van der Waals surface area contributed by atoms with Gasteiger partial charge in [0.2, 0.25) is 0 Å². The van der Waals surface area contributed by atoms with Crippen LogP contribution in [0.5, 0.6) is 0 Å². The highest BCUT2D eigenvalue weighted by molar-refractivity contribution is 7.91. The number of nitrogens with zero attached hydrogens (tertiary/aromatic N) is 2. The molecule has 158 valence electrons. The summed E-state index contributed by atoms with van der Waals surface area (Å²) in [6.07, 6.45) is 0.192. The summed E-state index contributed by atoms with van der Waals surface area (Å²) in [6, 6.07) is 16.2. The van der Waals surface area contributed by atoms with Crippen molar-refractivity contribution < 1.29 is 17.9 Å². The topological polar surface area (TPSA) is 78.3 Å². The molecule has 3 aromatic rings. The summed E-state index contributed by atoms with van der Waals surface area (Å²) in [6.45, 7) is 4.11. The third-order valence-electron chi connectivity index (χ3n) is 4.62. The van der Waals surface area contributed by atoms with Crippen LogP contribution in [0.1, 0.15) is 33.6 Å². The molecule has 0 radical (unpaired) electrons. The Morgan fingerprint density at radius 2 is 1.73 bits per heavy atom. The fraction of sp³-hybridized carbons (Fsp3) is 0.273. The first-order valence-electron chi connectivity index (χ1n) is 9.51. The molecule has 0 unspecified atom stereocenters. The molecule has 0 aliphatic rings. The van der Waals surface area contributed by atoms with Gasteiger partial charge >= 0.3 is 5.97 Å². The van der Waals surface area contributed by atoms with Crippen LogP contribution in [0.4, 0.5) is 0 Å². The molecular formula is C22H23ClN2O4S. The van der Waals surface area contributed by atoms with Crippen LogP contribution in [-0.2, 0) is 21.1 Å². The molecule has 0 fully saturated rings. The SMILES string of the molecule is Cc1ccc(Cn2nc(C)c(C(=O)OCCCS(=O)(=O)c3ccccc3)c2Cl)cc1. The lowest BCUT2D eigenvalue weighted by Crippen LogP contribution is -2.13. The van der Waals surface area contributed by atoms with Gasteiger partial charge in [0.15, 0.2) is 9.84 Å². The van der Waals surface area contributed by atoms with Gasteiger partial charge in [0, 0.05) is 0 Å². The van der Waals surface area contributed by atoms with Crippen LogP contribution in [0.25, 0.3) is 0 Å². The second-order valence-electron chi connectivity index (χ2n) is 7.02. The largest absolute Gasteiger partial charge is 0.462 e. The molecule has 0 spiro atoms. The van der Waals surface area contributed by atoms with E-state index in [4.69, 9.17) is 16.3 Å². The number of carbonyl (C=O) groups excluding carboxylic acids is 1. The van der Waals surface area contributed by atoms with Crippen molar-refractivity contribution in [1.29, 1.82) is 0 Å². The second-order valence-corrected chi connectivity index (χ2v) is 9.48. The zero-order valence-corrected chi connectivity index (χ0v) is 18.4. The van der Waals surface area contributed by atoms with Crippen LogP contribution < -0.4 is 0 Å². The first-order valence-corrected chi connectivity index (χ1v) is 11.5. The van der Waals surface area contributed by atoms with E-state index in [0.717, 1.165) is 11.1 Å². The van der Waals surface area contributed by atoms with Gasteiger partial charge in [-0.25, -0.2) is 17.9 Å². The normalized spacial score (nSPS) is 11.4. The molecule has 0 amide bonds. The molecular weight excluding hydrogens is 424 g/mol. The van der Waals surface area contributed by atoms with Crippen LogP contribution in [0.3, 0.4) is 0 Å². The van der Waals surface area contributed by atoms with E-state index in [1.165, 1.54) is 0 Å². The molecule has 8 heteroatoms. The lowest BCUT2D eigenvalue weighted by atomic mass is 10.1. The minimum absolute atomic E-state index is 0.0240. The molecule has 1 aromatic heterocycles. The standard InChI is InChI=1S/C22H23ClN2O4S/c1-16-9-11-18(12-10-16)15-25-21(23)20(17(2)24-25)22(26)29-13-6-14-30(27,28)19-7-4-3-5-8-19/h3-5,7-12H,6,13-15H2,1-2H3. The van der Waals surface area contributed by atoms with E-state index in [0.29, 0.717) is 12.2 Å². The number of esters is 1. The second kappa shape index (κ2) is 9.45. The predicted octanol–water partition coefficient (Wildman–Crippen LogP) is 4.22. The maximum atomic E-state index is 12.5. The Kier molecular flexibility index (Phi) is 6.95. The molecule has 0 saturated carbocycles. The van der Waals surface area contributed by atoms with Gasteiger partial charge in [-0.1, -0.05) is 59.6 Å². The van der Waals surface area contributed by atoms with Gasteiger partial charge in [-0.05, 0) is 38.0 Å². The molecule has 0 atom stereocenters. The number of aromatic nitrogens is 2. The summed E-state index contributed by atoms with van der Waals surface area (Å²) in [5.74, 6) is -0.714. The maximum absolute atomic E-state index is 12.5. The molecule has 2 aromatic carbocycles. The average molecular weight is 447 g/mol. The molecule has 0 aliphatic carbocycles. The first kappa shape index (κ1) is 22.1. The van der Waals surface area contributed by atoms with Crippen molar-refractivity contribution in [3.8, 4) is 0 Å². The zero-order chi connectivity index (χ0) is 21.7. The average Bonchev–Trinajstić information content (AvgIpc) is 3.00. The van der Waals surface area contributed by atoms with Crippen molar-refractivity contribution in [2.75, 3.05) is 12.4 Å². The molecule has 0 aliphatic heterocycles. The number of ether oxygens (including phenoxy) is 1. The highest BCUT2D eigenvalue weighted by Gasteiger charge is 2.22. The Bertz CT molecular complexity index is 1120. The van der Waals surface area contributed by atoms with Crippen molar-refractivity contribution in [2.24, 2.45) is 0 Å². The minimum Gasteiger partial charge on any atom is -0.462 e. The van der Waals surface area contributed by atoms with Crippen LogP contribution in [0.2, 0.25) is 5.15 Å². The number of benzene rings is 2. The summed E-state index contributed by atoms with van der Waals surface area (Å²) in [4.78, 5) is 12.7. The highest BCUT2D eigenvalue weighted by atomic mass is 35.5. The Hall–Kier alpha value is -2.64. The molecule has 0 bridgehead atoms. The predicted molar refractivity (Wildman–Crippen MR) is 116 cm³/mol. The minimum atomic E-state index is -3.41. The number of halogens is 1. The van der Waals surface area contributed by atoms with Crippen LogP contribution in [0, 0.1) is 13.8 Å². The summed E-state index contributed by atoms with van der Waals surface area (Å²) in [5, 5.41) is 4.55. The van der Waals surface area contributed by atoms with Gasteiger partial charge in [0.05, 0.1) is 29.5 Å². The van der Waals surface area contributed by atoms with Gasteiger partial charge in [-0.2, -0.15) is 5.10 Å². The van der Waals surface area contributed by atoms with Gasteiger partial charge in [0.1, 0.15) is 10.7 Å². The molecule has 30 heavy (non-hydrogen) atoms. The van der Waals surface area contributed by atoms with Gasteiger partial charge in [-0.15, -0.1) is 0 Å². The molecule has 0 N–H and O–H groups in total.